The van der Waals surface area contributed by atoms with Gasteiger partial charge in [0.25, 0.3) is 5.56 Å². The van der Waals surface area contributed by atoms with E-state index in [9.17, 15) is 10.1 Å². The van der Waals surface area contributed by atoms with Gasteiger partial charge in [-0.15, -0.1) is 0 Å². The molecule has 4 aromatic rings. The zero-order chi connectivity index (χ0) is 33.2. The summed E-state index contributed by atoms with van der Waals surface area (Å²) in [5, 5.41) is 14.3. The third kappa shape index (κ3) is 6.63. The fraction of sp³-hybridized carbons (Fsp3) is 0.513. The molecule has 248 valence electrons. The second-order valence-corrected chi connectivity index (χ2v) is 18.6. The monoisotopic (exact) mass is 650 g/mol. The molecule has 2 aliphatic rings. The number of nitriles is 1. The molecule has 7 nitrogen and oxygen atoms in total. The van der Waals surface area contributed by atoms with E-state index in [1.165, 1.54) is 0 Å². The number of hydrogen-bond acceptors (Lipinski definition) is 5. The Labute approximate surface area is 280 Å². The first-order valence-corrected chi connectivity index (χ1v) is 20.4. The average molecular weight is 651 g/mol. The minimum absolute atomic E-state index is 0.105. The van der Waals surface area contributed by atoms with Crippen LogP contribution in [-0.4, -0.2) is 40.3 Å². The van der Waals surface area contributed by atoms with Crippen molar-refractivity contribution in [2.75, 3.05) is 0 Å². The van der Waals surface area contributed by atoms with Crippen molar-refractivity contribution in [1.82, 2.24) is 14.2 Å². The third-order valence-electron chi connectivity index (χ3n) is 11.0. The minimum atomic E-state index is -1.68. The van der Waals surface area contributed by atoms with Gasteiger partial charge in [-0.2, -0.15) is 10.4 Å². The SMILES string of the molecule is CCCc1c(Cc2ccc(-c3ccccc3C#N)cc2)c(=O)n(C2CCC(O[C@@H]3C[C@@]3(C)O[Si](CC)(CC)CC)CC2)c2ccnn12. The lowest BCUT2D eigenvalue weighted by Gasteiger charge is -2.34. The highest BCUT2D eigenvalue weighted by Gasteiger charge is 2.56. The fourth-order valence-corrected chi connectivity index (χ4v) is 10.9. The van der Waals surface area contributed by atoms with Crippen molar-refractivity contribution < 1.29 is 9.16 Å². The molecule has 0 aliphatic heterocycles. The molecule has 0 N–H and O–H groups in total. The van der Waals surface area contributed by atoms with Gasteiger partial charge in [-0.25, -0.2) is 4.52 Å². The number of hydrogen-bond donors (Lipinski definition) is 0. The maximum absolute atomic E-state index is 14.5. The minimum Gasteiger partial charge on any atom is -0.409 e. The maximum atomic E-state index is 14.5. The van der Waals surface area contributed by atoms with Gasteiger partial charge in [0, 0.05) is 30.5 Å². The summed E-state index contributed by atoms with van der Waals surface area (Å²) in [6, 6.07) is 23.8. The van der Waals surface area contributed by atoms with Crippen molar-refractivity contribution in [2.24, 2.45) is 0 Å². The number of aryl methyl sites for hydroxylation is 1. The molecule has 2 heterocycles. The molecule has 2 aliphatic carbocycles. The lowest BCUT2D eigenvalue weighted by atomic mass is 9.92. The summed E-state index contributed by atoms with van der Waals surface area (Å²) in [6.45, 7) is 11.3. The number of benzene rings is 2. The zero-order valence-corrected chi connectivity index (χ0v) is 29.8. The van der Waals surface area contributed by atoms with E-state index in [2.05, 4.69) is 65.0 Å². The van der Waals surface area contributed by atoms with E-state index in [1.807, 2.05) is 45.6 Å². The Hall–Kier alpha value is -3.51. The van der Waals surface area contributed by atoms with E-state index in [0.29, 0.717) is 12.0 Å². The van der Waals surface area contributed by atoms with E-state index >= 15 is 0 Å². The molecule has 0 saturated heterocycles. The lowest BCUT2D eigenvalue weighted by molar-refractivity contribution is -0.0240. The standard InChI is InChI=1S/C39H50N4O3Si/c1-6-12-35-34(25-28-15-17-29(18-16-28)33-14-11-10-13-30(33)27-40)38(44)42(37-23-24-41-43(35)37)31-19-21-32(22-20-31)45-36-26-39(36,5)46-47(7-2,8-3)9-4/h10-11,13-18,23-24,31-32,36H,6-9,12,19-22,25-26H2,1-5H3/t31?,32?,36-,39-/m1/s1. The molecule has 2 aromatic carbocycles. The molecule has 0 radical (unpaired) electrons. The largest absolute Gasteiger partial charge is 0.409 e. The third-order valence-corrected chi connectivity index (χ3v) is 15.8. The van der Waals surface area contributed by atoms with E-state index in [-0.39, 0.29) is 29.4 Å². The number of nitrogens with zero attached hydrogens (tertiary/aromatic N) is 4. The number of rotatable bonds is 13. The van der Waals surface area contributed by atoms with Crippen molar-refractivity contribution in [3.8, 4) is 17.2 Å². The predicted octanol–water partition coefficient (Wildman–Crippen LogP) is 8.63. The Morgan fingerprint density at radius 1 is 0.979 bits per heavy atom. The van der Waals surface area contributed by atoms with Crippen LogP contribution >= 0.6 is 0 Å². The van der Waals surface area contributed by atoms with Crippen LogP contribution in [0.4, 0.5) is 0 Å². The summed E-state index contributed by atoms with van der Waals surface area (Å²) in [5.41, 5.74) is 6.34. The van der Waals surface area contributed by atoms with Gasteiger partial charge in [-0.1, -0.05) is 76.6 Å². The van der Waals surface area contributed by atoms with Gasteiger partial charge < -0.3 is 9.16 Å². The first-order chi connectivity index (χ1) is 22.8. The van der Waals surface area contributed by atoms with Crippen LogP contribution in [0.3, 0.4) is 0 Å². The normalized spacial score (nSPS) is 22.8. The molecule has 0 amide bonds. The molecule has 6 rings (SSSR count). The highest BCUT2D eigenvalue weighted by atomic mass is 28.4. The molecule has 0 bridgehead atoms. The Balaban J connectivity index is 1.21. The summed E-state index contributed by atoms with van der Waals surface area (Å²) < 4.78 is 17.6. The second-order valence-electron chi connectivity index (χ2n) is 13.9. The van der Waals surface area contributed by atoms with Gasteiger partial charge in [0.1, 0.15) is 5.65 Å². The molecule has 0 spiro atoms. The lowest BCUT2D eigenvalue weighted by Crippen LogP contribution is -2.41. The van der Waals surface area contributed by atoms with E-state index < -0.39 is 8.32 Å². The number of aromatic nitrogens is 3. The van der Waals surface area contributed by atoms with Gasteiger partial charge in [0.05, 0.1) is 41.3 Å². The first kappa shape index (κ1) is 33.4. The molecule has 0 unspecified atom stereocenters. The molecule has 47 heavy (non-hydrogen) atoms. The van der Waals surface area contributed by atoms with Crippen LogP contribution < -0.4 is 5.56 Å². The topological polar surface area (TPSA) is 81.5 Å². The molecule has 2 saturated carbocycles. The van der Waals surface area contributed by atoms with Crippen LogP contribution in [0.15, 0.2) is 65.6 Å². The smallest absolute Gasteiger partial charge is 0.257 e. The van der Waals surface area contributed by atoms with Crippen LogP contribution in [0.5, 0.6) is 0 Å². The molecule has 2 atom stereocenters. The van der Waals surface area contributed by atoms with Crippen LogP contribution in [0, 0.1) is 11.3 Å². The summed E-state index contributed by atoms with van der Waals surface area (Å²) in [5.74, 6) is 0. The maximum Gasteiger partial charge on any atom is 0.257 e. The van der Waals surface area contributed by atoms with Crippen LogP contribution in [-0.2, 0) is 22.0 Å². The summed E-state index contributed by atoms with van der Waals surface area (Å²) in [7, 11) is -1.68. The molecular weight excluding hydrogens is 601 g/mol. The Kier molecular flexibility index (Phi) is 9.89. The molecule has 2 aromatic heterocycles. The van der Waals surface area contributed by atoms with Crippen molar-refractivity contribution >= 4 is 14.0 Å². The first-order valence-electron chi connectivity index (χ1n) is 17.8. The van der Waals surface area contributed by atoms with E-state index in [1.54, 1.807) is 0 Å². The number of fused-ring (bicyclic) bond motifs is 1. The van der Waals surface area contributed by atoms with Gasteiger partial charge in [-0.3, -0.25) is 9.36 Å². The van der Waals surface area contributed by atoms with Gasteiger partial charge in [-0.05, 0) is 79.9 Å². The average Bonchev–Trinajstić information content (AvgIpc) is 3.46. The van der Waals surface area contributed by atoms with Crippen molar-refractivity contribution in [3.63, 3.8) is 0 Å². The summed E-state index contributed by atoms with van der Waals surface area (Å²) in [6.07, 6.45) is 9.18. The van der Waals surface area contributed by atoms with Crippen LogP contribution in [0.2, 0.25) is 18.1 Å². The Bertz CT molecular complexity index is 1790. The van der Waals surface area contributed by atoms with Crippen molar-refractivity contribution in [1.29, 1.82) is 5.26 Å². The highest BCUT2D eigenvalue weighted by molar-refractivity contribution is 6.73. The van der Waals surface area contributed by atoms with E-state index in [0.717, 1.165) is 96.7 Å². The quantitative estimate of drug-likeness (QED) is 0.135. The molecular formula is C39H50N4O3Si. The summed E-state index contributed by atoms with van der Waals surface area (Å²) >= 11 is 0. The highest BCUT2D eigenvalue weighted by Crippen LogP contribution is 2.48. The Morgan fingerprint density at radius 3 is 2.34 bits per heavy atom. The fourth-order valence-electron chi connectivity index (χ4n) is 7.79. The van der Waals surface area contributed by atoms with Gasteiger partial charge in [0.2, 0.25) is 0 Å². The van der Waals surface area contributed by atoms with Gasteiger partial charge >= 0.3 is 0 Å². The van der Waals surface area contributed by atoms with Crippen molar-refractivity contribution in [3.05, 3.63) is 93.5 Å². The molecule has 2 fully saturated rings. The van der Waals surface area contributed by atoms with Crippen LogP contribution in [0.1, 0.15) is 102 Å². The zero-order valence-electron chi connectivity index (χ0n) is 28.8. The van der Waals surface area contributed by atoms with Crippen LogP contribution in [0.25, 0.3) is 16.8 Å². The second kappa shape index (κ2) is 13.9. The van der Waals surface area contributed by atoms with E-state index in [4.69, 9.17) is 14.3 Å². The Morgan fingerprint density at radius 2 is 1.68 bits per heavy atom. The van der Waals surface area contributed by atoms with Gasteiger partial charge in [0.15, 0.2) is 8.32 Å². The molecule has 8 heteroatoms. The number of ether oxygens (including phenoxy) is 1. The summed E-state index contributed by atoms with van der Waals surface area (Å²) in [4.78, 5) is 14.5. The predicted molar refractivity (Wildman–Crippen MR) is 190 cm³/mol. The van der Waals surface area contributed by atoms with Crippen molar-refractivity contribution in [2.45, 2.75) is 128 Å².